The van der Waals surface area contributed by atoms with Crippen LogP contribution in [0.2, 0.25) is 5.02 Å². The first-order valence-electron chi connectivity index (χ1n) is 8.20. The number of amides is 1. The smallest absolute Gasteiger partial charge is 0.308 e. The maximum Gasteiger partial charge on any atom is 0.308 e. The monoisotopic (exact) mass is 387 g/mol. The van der Waals surface area contributed by atoms with Crippen molar-refractivity contribution in [3.63, 3.8) is 0 Å². The first kappa shape index (κ1) is 18.7. The van der Waals surface area contributed by atoms with Crippen molar-refractivity contribution in [3.05, 3.63) is 58.9 Å². The molecule has 0 fully saturated rings. The van der Waals surface area contributed by atoms with Gasteiger partial charge < -0.3 is 19.2 Å². The SMILES string of the molecule is COc1ccc(CCNC(=O)c2nnc(-c3ccccc3Cl)o2)cc1OC. The van der Waals surface area contributed by atoms with E-state index in [9.17, 15) is 4.79 Å². The minimum atomic E-state index is -0.443. The van der Waals surface area contributed by atoms with Crippen LogP contribution >= 0.6 is 11.6 Å². The predicted octanol–water partition coefficient (Wildman–Crippen LogP) is 3.38. The quantitative estimate of drug-likeness (QED) is 0.668. The molecule has 1 aromatic heterocycles. The Morgan fingerprint density at radius 1 is 1.11 bits per heavy atom. The summed E-state index contributed by atoms with van der Waals surface area (Å²) in [5.41, 5.74) is 1.58. The van der Waals surface area contributed by atoms with Crippen LogP contribution in [0.1, 0.15) is 16.2 Å². The van der Waals surface area contributed by atoms with Crippen molar-refractivity contribution in [2.24, 2.45) is 0 Å². The van der Waals surface area contributed by atoms with Gasteiger partial charge in [0.15, 0.2) is 11.5 Å². The number of halogens is 1. The highest BCUT2D eigenvalue weighted by Gasteiger charge is 2.17. The zero-order valence-corrected chi connectivity index (χ0v) is 15.6. The molecule has 2 aromatic carbocycles. The molecule has 1 heterocycles. The molecule has 27 heavy (non-hydrogen) atoms. The molecule has 7 nitrogen and oxygen atoms in total. The van der Waals surface area contributed by atoms with E-state index in [-0.39, 0.29) is 11.8 Å². The van der Waals surface area contributed by atoms with Crippen LogP contribution in [0.3, 0.4) is 0 Å². The summed E-state index contributed by atoms with van der Waals surface area (Å²) in [5, 5.41) is 10.9. The third-order valence-electron chi connectivity index (χ3n) is 3.87. The number of benzene rings is 2. The lowest BCUT2D eigenvalue weighted by atomic mass is 10.1. The lowest BCUT2D eigenvalue weighted by Crippen LogP contribution is -2.26. The van der Waals surface area contributed by atoms with Crippen LogP contribution in [0.5, 0.6) is 11.5 Å². The zero-order valence-electron chi connectivity index (χ0n) is 14.9. The molecule has 0 unspecified atom stereocenters. The summed E-state index contributed by atoms with van der Waals surface area (Å²) >= 11 is 6.10. The van der Waals surface area contributed by atoms with Crippen LogP contribution in [-0.4, -0.2) is 36.9 Å². The molecule has 0 spiro atoms. The number of hydrogen-bond acceptors (Lipinski definition) is 6. The average Bonchev–Trinajstić information content (AvgIpc) is 3.18. The Morgan fingerprint density at radius 2 is 1.89 bits per heavy atom. The molecule has 0 bridgehead atoms. The van der Waals surface area contributed by atoms with Gasteiger partial charge in [0.1, 0.15) is 0 Å². The van der Waals surface area contributed by atoms with E-state index in [0.29, 0.717) is 35.1 Å². The normalized spacial score (nSPS) is 10.5. The molecule has 3 rings (SSSR count). The Balaban J connectivity index is 1.60. The Hall–Kier alpha value is -3.06. The molecule has 0 aliphatic rings. The second kappa shape index (κ2) is 8.55. The number of rotatable bonds is 7. The van der Waals surface area contributed by atoms with E-state index in [0.717, 1.165) is 5.56 Å². The molecular formula is C19H18ClN3O4. The molecule has 0 aliphatic carbocycles. The van der Waals surface area contributed by atoms with Gasteiger partial charge in [-0.3, -0.25) is 4.79 Å². The molecule has 140 valence electrons. The number of carbonyl (C=O) groups excluding carboxylic acids is 1. The van der Waals surface area contributed by atoms with Crippen molar-refractivity contribution in [2.45, 2.75) is 6.42 Å². The Bertz CT molecular complexity index is 942. The predicted molar refractivity (Wildman–Crippen MR) is 100 cm³/mol. The third-order valence-corrected chi connectivity index (χ3v) is 4.20. The summed E-state index contributed by atoms with van der Waals surface area (Å²) in [6.45, 7) is 0.401. The van der Waals surface area contributed by atoms with E-state index >= 15 is 0 Å². The van der Waals surface area contributed by atoms with E-state index in [1.54, 1.807) is 38.5 Å². The van der Waals surface area contributed by atoms with Crippen LogP contribution < -0.4 is 14.8 Å². The molecule has 1 N–H and O–H groups in total. The van der Waals surface area contributed by atoms with Crippen LogP contribution in [0.25, 0.3) is 11.5 Å². The van der Waals surface area contributed by atoms with E-state index in [4.69, 9.17) is 25.5 Å². The lowest BCUT2D eigenvalue weighted by molar-refractivity contribution is 0.0920. The summed E-state index contributed by atoms with van der Waals surface area (Å²) < 4.78 is 15.9. The Labute approximate surface area is 161 Å². The zero-order chi connectivity index (χ0) is 19.2. The van der Waals surface area contributed by atoms with Gasteiger partial charge >= 0.3 is 11.8 Å². The van der Waals surface area contributed by atoms with Gasteiger partial charge in [-0.05, 0) is 36.2 Å². The highest BCUT2D eigenvalue weighted by molar-refractivity contribution is 6.33. The third kappa shape index (κ3) is 4.38. The summed E-state index contributed by atoms with van der Waals surface area (Å²) in [7, 11) is 3.16. The first-order chi connectivity index (χ1) is 13.1. The van der Waals surface area contributed by atoms with E-state index in [1.165, 1.54) is 0 Å². The molecule has 0 saturated heterocycles. The number of nitrogens with one attached hydrogen (secondary N) is 1. The molecule has 0 aliphatic heterocycles. The number of hydrogen-bond donors (Lipinski definition) is 1. The molecule has 1 amide bonds. The van der Waals surface area contributed by atoms with Gasteiger partial charge in [-0.15, -0.1) is 10.2 Å². The second-order valence-electron chi connectivity index (χ2n) is 5.59. The van der Waals surface area contributed by atoms with Gasteiger partial charge in [-0.25, -0.2) is 0 Å². The highest BCUT2D eigenvalue weighted by Crippen LogP contribution is 2.28. The molecule has 0 radical (unpaired) electrons. The van der Waals surface area contributed by atoms with Crippen LogP contribution in [0.4, 0.5) is 0 Å². The van der Waals surface area contributed by atoms with Gasteiger partial charge in [-0.2, -0.15) is 0 Å². The molecule has 8 heteroatoms. The molecule has 0 saturated carbocycles. The van der Waals surface area contributed by atoms with Gasteiger partial charge in [0, 0.05) is 6.54 Å². The van der Waals surface area contributed by atoms with Gasteiger partial charge in [0.25, 0.3) is 0 Å². The summed E-state index contributed by atoms with van der Waals surface area (Å²) in [6.07, 6.45) is 0.609. The Morgan fingerprint density at radius 3 is 2.63 bits per heavy atom. The average molecular weight is 388 g/mol. The number of nitrogens with zero attached hydrogens (tertiary/aromatic N) is 2. The fourth-order valence-corrected chi connectivity index (χ4v) is 2.71. The van der Waals surface area contributed by atoms with E-state index in [2.05, 4.69) is 15.5 Å². The fourth-order valence-electron chi connectivity index (χ4n) is 2.49. The van der Waals surface area contributed by atoms with Crippen LogP contribution in [0, 0.1) is 0 Å². The van der Waals surface area contributed by atoms with Crippen molar-refractivity contribution in [1.82, 2.24) is 15.5 Å². The highest BCUT2D eigenvalue weighted by atomic mass is 35.5. The van der Waals surface area contributed by atoms with E-state index in [1.807, 2.05) is 18.2 Å². The number of ether oxygens (including phenoxy) is 2. The fraction of sp³-hybridized carbons (Fsp3) is 0.211. The van der Waals surface area contributed by atoms with Gasteiger partial charge in [-0.1, -0.05) is 29.8 Å². The van der Waals surface area contributed by atoms with Crippen LogP contribution in [0.15, 0.2) is 46.9 Å². The second-order valence-corrected chi connectivity index (χ2v) is 5.99. The number of carbonyl (C=O) groups is 1. The summed E-state index contributed by atoms with van der Waals surface area (Å²) in [5.74, 6) is 0.940. The standard InChI is InChI=1S/C19H18ClN3O4/c1-25-15-8-7-12(11-16(15)26-2)9-10-21-17(24)19-23-22-18(27-19)13-5-3-4-6-14(13)20/h3-8,11H,9-10H2,1-2H3,(H,21,24). The van der Waals surface area contributed by atoms with E-state index < -0.39 is 5.91 Å². The number of methoxy groups -OCH3 is 2. The number of aromatic nitrogens is 2. The lowest BCUT2D eigenvalue weighted by Gasteiger charge is -2.09. The van der Waals surface area contributed by atoms with Crippen molar-refractivity contribution in [3.8, 4) is 23.0 Å². The maximum atomic E-state index is 12.2. The summed E-state index contributed by atoms with van der Waals surface area (Å²) in [6, 6.07) is 12.7. The van der Waals surface area contributed by atoms with Crippen molar-refractivity contribution >= 4 is 17.5 Å². The maximum absolute atomic E-state index is 12.2. The van der Waals surface area contributed by atoms with Crippen molar-refractivity contribution in [2.75, 3.05) is 20.8 Å². The summed E-state index contributed by atoms with van der Waals surface area (Å²) in [4.78, 5) is 12.2. The van der Waals surface area contributed by atoms with Crippen molar-refractivity contribution < 1.29 is 18.7 Å². The van der Waals surface area contributed by atoms with Crippen molar-refractivity contribution in [1.29, 1.82) is 0 Å². The minimum Gasteiger partial charge on any atom is -0.493 e. The molecule has 3 aromatic rings. The van der Waals surface area contributed by atoms with Gasteiger partial charge in [0.2, 0.25) is 5.89 Å². The Kier molecular flexibility index (Phi) is 5.93. The van der Waals surface area contributed by atoms with Crippen LogP contribution in [-0.2, 0) is 6.42 Å². The minimum absolute atomic E-state index is 0.114. The molecule has 0 atom stereocenters. The largest absolute Gasteiger partial charge is 0.493 e. The first-order valence-corrected chi connectivity index (χ1v) is 8.57. The topological polar surface area (TPSA) is 86.5 Å². The van der Waals surface area contributed by atoms with Gasteiger partial charge in [0.05, 0.1) is 24.8 Å². The molecular weight excluding hydrogens is 370 g/mol.